The third-order valence-electron chi connectivity index (χ3n) is 3.92. The fourth-order valence-corrected chi connectivity index (χ4v) is 3.66. The number of benzene rings is 3. The molecule has 3 aromatic rings. The van der Waals surface area contributed by atoms with Gasteiger partial charge in [-0.3, -0.25) is 0 Å². The van der Waals surface area contributed by atoms with E-state index in [1.807, 2.05) is 48.5 Å². The number of nitrogens with one attached hydrogen (secondary N) is 1. The molecule has 0 radical (unpaired) electrons. The maximum atomic E-state index is 6.16. The molecule has 0 bridgehead atoms. The number of ether oxygens (including phenoxy) is 1. The molecule has 0 aliphatic carbocycles. The first-order valence-corrected chi connectivity index (χ1v) is 10.3. The average Bonchev–Trinajstić information content (AvgIpc) is 2.67. The molecular weight excluding hydrogens is 483 g/mol. The topological polar surface area (TPSA) is 33.6 Å². The first kappa shape index (κ1) is 21.0. The van der Waals surface area contributed by atoms with Crippen molar-refractivity contribution >= 4 is 56.9 Å². The highest BCUT2D eigenvalue weighted by atomic mass is 79.9. The van der Waals surface area contributed by atoms with Gasteiger partial charge in [0.15, 0.2) is 0 Å². The average molecular weight is 499 g/mol. The first-order valence-electron chi connectivity index (χ1n) is 8.39. The minimum atomic E-state index is 0.395. The highest BCUT2D eigenvalue weighted by molar-refractivity contribution is 9.10. The molecule has 0 spiro atoms. The molecule has 0 aromatic heterocycles. The Kier molecular flexibility index (Phi) is 7.63. The molecule has 144 valence electrons. The summed E-state index contributed by atoms with van der Waals surface area (Å²) >= 11 is 22.0. The van der Waals surface area contributed by atoms with E-state index in [4.69, 9.17) is 39.5 Å². The lowest BCUT2D eigenvalue weighted by molar-refractivity contribution is 0.304. The number of hydrogen-bond donors (Lipinski definition) is 1. The molecule has 0 atom stereocenters. The normalized spacial score (nSPS) is 11.0. The van der Waals surface area contributed by atoms with E-state index in [2.05, 4.69) is 26.5 Å². The first-order chi connectivity index (χ1) is 13.5. The molecule has 1 N–H and O–H groups in total. The molecular formula is C21H16BrCl3N2O. The lowest BCUT2D eigenvalue weighted by atomic mass is 10.2. The molecule has 3 nitrogen and oxygen atoms in total. The number of rotatable bonds is 7. The zero-order valence-electron chi connectivity index (χ0n) is 14.6. The van der Waals surface area contributed by atoms with Gasteiger partial charge >= 0.3 is 0 Å². The quantitative estimate of drug-likeness (QED) is 0.278. The van der Waals surface area contributed by atoms with Crippen LogP contribution >= 0.6 is 50.7 Å². The second kappa shape index (κ2) is 10.2. The van der Waals surface area contributed by atoms with Crippen LogP contribution < -0.4 is 10.2 Å². The number of halogens is 4. The number of hydrazone groups is 1. The summed E-state index contributed by atoms with van der Waals surface area (Å²) in [5, 5.41) is 6.13. The van der Waals surface area contributed by atoms with Gasteiger partial charge in [-0.05, 0) is 57.9 Å². The minimum Gasteiger partial charge on any atom is -0.488 e. The third-order valence-corrected chi connectivity index (χ3v) is 5.62. The summed E-state index contributed by atoms with van der Waals surface area (Å²) in [6.07, 6.45) is 1.72. The van der Waals surface area contributed by atoms with E-state index >= 15 is 0 Å². The summed E-state index contributed by atoms with van der Waals surface area (Å²) in [7, 11) is 0. The highest BCUT2D eigenvalue weighted by Gasteiger charge is 2.06. The number of nitrogens with zero attached hydrogens (tertiary/aromatic N) is 1. The third kappa shape index (κ3) is 5.65. The monoisotopic (exact) mass is 496 g/mol. The van der Waals surface area contributed by atoms with Gasteiger partial charge < -0.3 is 10.2 Å². The molecule has 0 aliphatic rings. The zero-order valence-corrected chi connectivity index (χ0v) is 18.5. The van der Waals surface area contributed by atoms with Gasteiger partial charge in [-0.25, -0.2) is 0 Å². The summed E-state index contributed by atoms with van der Waals surface area (Å²) in [5.41, 5.74) is 5.62. The van der Waals surface area contributed by atoms with Crippen LogP contribution in [0.5, 0.6) is 5.75 Å². The van der Waals surface area contributed by atoms with Gasteiger partial charge in [0.2, 0.25) is 0 Å². The fraction of sp³-hybridized carbons (Fsp3) is 0.0952. The van der Waals surface area contributed by atoms with Gasteiger partial charge in [0, 0.05) is 26.2 Å². The molecule has 3 rings (SSSR count). The van der Waals surface area contributed by atoms with Crippen molar-refractivity contribution in [3.63, 3.8) is 0 Å². The van der Waals surface area contributed by atoms with Crippen molar-refractivity contribution in [1.82, 2.24) is 5.43 Å². The van der Waals surface area contributed by atoms with Crippen LogP contribution in [0.2, 0.25) is 15.1 Å². The summed E-state index contributed by atoms with van der Waals surface area (Å²) in [6.45, 7) is 0.834. The molecule has 0 unspecified atom stereocenters. The molecule has 0 saturated carbocycles. The van der Waals surface area contributed by atoms with Crippen molar-refractivity contribution in [2.45, 2.75) is 13.2 Å². The Morgan fingerprint density at radius 3 is 2.36 bits per heavy atom. The SMILES string of the molecule is Clc1ccccc1COc1ccc(/C=N/NCc2c(Cl)cccc2Cl)cc1Br. The van der Waals surface area contributed by atoms with Gasteiger partial charge in [0.1, 0.15) is 12.4 Å². The molecule has 28 heavy (non-hydrogen) atoms. The molecule has 0 aliphatic heterocycles. The van der Waals surface area contributed by atoms with E-state index in [9.17, 15) is 0 Å². The Morgan fingerprint density at radius 2 is 1.64 bits per heavy atom. The van der Waals surface area contributed by atoms with Crippen molar-refractivity contribution in [1.29, 1.82) is 0 Å². The van der Waals surface area contributed by atoms with Crippen LogP contribution in [0.3, 0.4) is 0 Å². The van der Waals surface area contributed by atoms with E-state index in [1.54, 1.807) is 18.3 Å². The van der Waals surface area contributed by atoms with E-state index in [1.165, 1.54) is 0 Å². The van der Waals surface area contributed by atoms with Crippen LogP contribution in [0.25, 0.3) is 0 Å². The highest BCUT2D eigenvalue weighted by Crippen LogP contribution is 2.27. The van der Waals surface area contributed by atoms with Gasteiger partial charge in [-0.1, -0.05) is 59.1 Å². The summed E-state index contributed by atoms with van der Waals surface area (Å²) in [4.78, 5) is 0. The van der Waals surface area contributed by atoms with Gasteiger partial charge in [0.05, 0.1) is 17.2 Å². The molecule has 7 heteroatoms. The molecule has 0 amide bonds. The second-order valence-corrected chi connectivity index (χ2v) is 7.94. The smallest absolute Gasteiger partial charge is 0.134 e. The predicted octanol–water partition coefficient (Wildman–Crippen LogP) is 7.11. The van der Waals surface area contributed by atoms with Crippen molar-refractivity contribution in [3.05, 3.63) is 96.9 Å². The Hall–Kier alpha value is -1.72. The summed E-state index contributed by atoms with van der Waals surface area (Å²) in [5.74, 6) is 0.730. The summed E-state index contributed by atoms with van der Waals surface area (Å²) in [6, 6.07) is 18.7. The fourth-order valence-electron chi connectivity index (χ4n) is 2.43. The molecule has 0 heterocycles. The zero-order chi connectivity index (χ0) is 19.9. The van der Waals surface area contributed by atoms with Gasteiger partial charge in [0.25, 0.3) is 0 Å². The second-order valence-electron chi connectivity index (χ2n) is 5.86. The lowest BCUT2D eigenvalue weighted by Gasteiger charge is -2.10. The number of hydrogen-bond acceptors (Lipinski definition) is 3. The Bertz CT molecular complexity index is 975. The summed E-state index contributed by atoms with van der Waals surface area (Å²) < 4.78 is 6.68. The van der Waals surface area contributed by atoms with Crippen LogP contribution in [0.4, 0.5) is 0 Å². The van der Waals surface area contributed by atoms with Crippen LogP contribution in [0.15, 0.2) is 70.2 Å². The van der Waals surface area contributed by atoms with E-state index in [0.29, 0.717) is 28.2 Å². The van der Waals surface area contributed by atoms with Crippen molar-refractivity contribution < 1.29 is 4.74 Å². The Labute approximate surface area is 187 Å². The van der Waals surface area contributed by atoms with E-state index in [0.717, 1.165) is 26.9 Å². The Morgan fingerprint density at radius 1 is 0.929 bits per heavy atom. The van der Waals surface area contributed by atoms with E-state index in [-0.39, 0.29) is 0 Å². The minimum absolute atomic E-state index is 0.395. The van der Waals surface area contributed by atoms with Crippen LogP contribution in [-0.2, 0) is 13.2 Å². The van der Waals surface area contributed by atoms with Crippen LogP contribution in [0, 0.1) is 0 Å². The predicted molar refractivity (Wildman–Crippen MR) is 121 cm³/mol. The van der Waals surface area contributed by atoms with Crippen molar-refractivity contribution in [3.8, 4) is 5.75 Å². The van der Waals surface area contributed by atoms with Gasteiger partial charge in [-0.2, -0.15) is 5.10 Å². The van der Waals surface area contributed by atoms with Gasteiger partial charge in [-0.15, -0.1) is 0 Å². The maximum absolute atomic E-state index is 6.16. The van der Waals surface area contributed by atoms with E-state index < -0.39 is 0 Å². The van der Waals surface area contributed by atoms with Crippen LogP contribution in [-0.4, -0.2) is 6.21 Å². The lowest BCUT2D eigenvalue weighted by Crippen LogP contribution is -2.06. The Balaban J connectivity index is 1.58. The molecule has 3 aromatic carbocycles. The standard InChI is InChI=1S/C21H16BrCl3N2O/c22-17-10-14(11-26-27-12-16-19(24)6-3-7-20(16)25)8-9-21(17)28-13-15-4-1-2-5-18(15)23/h1-11,27H,12-13H2/b26-11+. The maximum Gasteiger partial charge on any atom is 0.134 e. The van der Waals surface area contributed by atoms with Crippen molar-refractivity contribution in [2.75, 3.05) is 0 Å². The van der Waals surface area contributed by atoms with Crippen molar-refractivity contribution in [2.24, 2.45) is 5.10 Å². The molecule has 0 fully saturated rings. The molecule has 0 saturated heterocycles. The van der Waals surface area contributed by atoms with Crippen LogP contribution in [0.1, 0.15) is 16.7 Å². The largest absolute Gasteiger partial charge is 0.488 e.